The minimum Gasteiger partial charge on any atom is -0.449 e. The van der Waals surface area contributed by atoms with Crippen LogP contribution in [0.25, 0.3) is 0 Å². The van der Waals surface area contributed by atoms with Crippen LogP contribution >= 0.6 is 23.2 Å². The number of halogens is 2. The van der Waals surface area contributed by atoms with Crippen molar-refractivity contribution in [2.75, 3.05) is 5.32 Å². The Morgan fingerprint density at radius 1 is 1.29 bits per heavy atom. The van der Waals surface area contributed by atoms with Crippen LogP contribution in [0.3, 0.4) is 0 Å². The van der Waals surface area contributed by atoms with Crippen LogP contribution in [0.5, 0.6) is 0 Å². The Bertz CT molecular complexity index is 816. The molecule has 1 aromatic carbocycles. The van der Waals surface area contributed by atoms with Crippen molar-refractivity contribution in [3.63, 3.8) is 0 Å². The fraction of sp³-hybridized carbons (Fsp3) is 0.125. The number of pyridine rings is 1. The summed E-state index contributed by atoms with van der Waals surface area (Å²) in [5.74, 6) is -1.26. The molecular weight excluding hydrogens is 353 g/mol. The second-order valence-electron chi connectivity index (χ2n) is 4.72. The second kappa shape index (κ2) is 7.77. The SMILES string of the molecule is C[C@@H](OC(=O)c1cnc(Cl)c(Cl)c1)C(=O)Nc1ccc(C#N)cc1. The van der Waals surface area contributed by atoms with Crippen molar-refractivity contribution in [3.05, 3.63) is 57.8 Å². The highest BCUT2D eigenvalue weighted by Gasteiger charge is 2.20. The first-order chi connectivity index (χ1) is 11.4. The number of anilines is 1. The van der Waals surface area contributed by atoms with Gasteiger partial charge in [0.1, 0.15) is 5.15 Å². The Kier molecular flexibility index (Phi) is 5.74. The van der Waals surface area contributed by atoms with Gasteiger partial charge >= 0.3 is 5.97 Å². The zero-order valence-electron chi connectivity index (χ0n) is 12.4. The van der Waals surface area contributed by atoms with Gasteiger partial charge in [-0.05, 0) is 37.3 Å². The van der Waals surface area contributed by atoms with Crippen LogP contribution in [-0.2, 0) is 9.53 Å². The monoisotopic (exact) mass is 363 g/mol. The number of carbonyl (C=O) groups is 2. The van der Waals surface area contributed by atoms with Gasteiger partial charge in [0.2, 0.25) is 0 Å². The Morgan fingerprint density at radius 2 is 1.96 bits per heavy atom. The van der Waals surface area contributed by atoms with Crippen molar-refractivity contribution in [3.8, 4) is 6.07 Å². The fourth-order valence-electron chi connectivity index (χ4n) is 1.69. The van der Waals surface area contributed by atoms with E-state index in [1.807, 2.05) is 6.07 Å². The van der Waals surface area contributed by atoms with Crippen molar-refractivity contribution in [2.24, 2.45) is 0 Å². The number of carbonyl (C=O) groups excluding carboxylic acids is 2. The zero-order chi connectivity index (χ0) is 17.7. The van der Waals surface area contributed by atoms with Crippen molar-refractivity contribution < 1.29 is 14.3 Å². The van der Waals surface area contributed by atoms with Crippen LogP contribution in [0.2, 0.25) is 10.2 Å². The van der Waals surface area contributed by atoms with Gasteiger partial charge in [-0.3, -0.25) is 4.79 Å². The predicted octanol–water partition coefficient (Wildman–Crippen LogP) is 3.44. The Balaban J connectivity index is 1.98. The summed E-state index contributed by atoms with van der Waals surface area (Å²) in [5.41, 5.74) is 1.04. The molecule has 1 atom stereocenters. The van der Waals surface area contributed by atoms with Gasteiger partial charge in [-0.2, -0.15) is 5.26 Å². The molecule has 8 heteroatoms. The van der Waals surface area contributed by atoms with E-state index >= 15 is 0 Å². The molecule has 1 amide bonds. The molecule has 0 spiro atoms. The van der Waals surface area contributed by atoms with E-state index in [9.17, 15) is 9.59 Å². The first kappa shape index (κ1) is 17.7. The smallest absolute Gasteiger partial charge is 0.340 e. The zero-order valence-corrected chi connectivity index (χ0v) is 13.9. The summed E-state index contributed by atoms with van der Waals surface area (Å²) >= 11 is 11.5. The van der Waals surface area contributed by atoms with Gasteiger partial charge < -0.3 is 10.1 Å². The van der Waals surface area contributed by atoms with Gasteiger partial charge in [-0.15, -0.1) is 0 Å². The molecule has 0 aliphatic rings. The van der Waals surface area contributed by atoms with E-state index in [-0.39, 0.29) is 15.7 Å². The average Bonchev–Trinajstić information content (AvgIpc) is 2.57. The highest BCUT2D eigenvalue weighted by Crippen LogP contribution is 2.20. The summed E-state index contributed by atoms with van der Waals surface area (Å²) in [7, 11) is 0. The lowest BCUT2D eigenvalue weighted by Crippen LogP contribution is -2.30. The highest BCUT2D eigenvalue weighted by molar-refractivity contribution is 6.41. The van der Waals surface area contributed by atoms with Crippen LogP contribution in [-0.4, -0.2) is 23.0 Å². The molecule has 1 N–H and O–H groups in total. The maximum Gasteiger partial charge on any atom is 0.340 e. The van der Waals surface area contributed by atoms with Crippen molar-refractivity contribution in [1.29, 1.82) is 5.26 Å². The summed E-state index contributed by atoms with van der Waals surface area (Å²) in [5, 5.41) is 11.5. The number of aromatic nitrogens is 1. The summed E-state index contributed by atoms with van der Waals surface area (Å²) in [4.78, 5) is 27.8. The molecule has 0 radical (unpaired) electrons. The molecule has 2 aromatic rings. The van der Waals surface area contributed by atoms with E-state index in [0.717, 1.165) is 0 Å². The number of hydrogen-bond acceptors (Lipinski definition) is 5. The number of nitrogens with one attached hydrogen (secondary N) is 1. The number of rotatable bonds is 4. The number of esters is 1. The molecule has 1 heterocycles. The highest BCUT2D eigenvalue weighted by atomic mass is 35.5. The van der Waals surface area contributed by atoms with Gasteiger partial charge in [0.15, 0.2) is 6.10 Å². The molecule has 24 heavy (non-hydrogen) atoms. The van der Waals surface area contributed by atoms with E-state index in [0.29, 0.717) is 11.3 Å². The topological polar surface area (TPSA) is 92.1 Å². The number of benzene rings is 1. The minimum absolute atomic E-state index is 0.0693. The number of hydrogen-bond donors (Lipinski definition) is 1. The van der Waals surface area contributed by atoms with Crippen LogP contribution in [0.4, 0.5) is 5.69 Å². The maximum absolute atomic E-state index is 12.0. The minimum atomic E-state index is -1.04. The quantitative estimate of drug-likeness (QED) is 0.663. The van der Waals surface area contributed by atoms with E-state index in [1.54, 1.807) is 24.3 Å². The summed E-state index contributed by atoms with van der Waals surface area (Å²) in [6, 6.07) is 9.57. The third-order valence-electron chi connectivity index (χ3n) is 2.97. The number of nitriles is 1. The molecule has 0 bridgehead atoms. The largest absolute Gasteiger partial charge is 0.449 e. The lowest BCUT2D eigenvalue weighted by Gasteiger charge is -2.13. The first-order valence-electron chi connectivity index (χ1n) is 6.73. The molecule has 0 saturated carbocycles. The first-order valence-corrected chi connectivity index (χ1v) is 7.49. The van der Waals surface area contributed by atoms with Crippen LogP contribution in [0.15, 0.2) is 36.5 Å². The Labute approximate surface area is 148 Å². The van der Waals surface area contributed by atoms with Crippen molar-refractivity contribution in [1.82, 2.24) is 4.98 Å². The van der Waals surface area contributed by atoms with E-state index < -0.39 is 18.0 Å². The van der Waals surface area contributed by atoms with Crippen LogP contribution in [0.1, 0.15) is 22.8 Å². The molecule has 2 rings (SSSR count). The molecule has 0 unspecified atom stereocenters. The molecule has 6 nitrogen and oxygen atoms in total. The van der Waals surface area contributed by atoms with E-state index in [2.05, 4.69) is 10.3 Å². The number of nitrogens with zero attached hydrogens (tertiary/aromatic N) is 2. The summed E-state index contributed by atoms with van der Waals surface area (Å²) in [6.45, 7) is 1.43. The number of ether oxygens (including phenoxy) is 1. The van der Waals surface area contributed by atoms with Gasteiger partial charge in [0.05, 0.1) is 22.2 Å². The van der Waals surface area contributed by atoms with Gasteiger partial charge in [-0.1, -0.05) is 23.2 Å². The van der Waals surface area contributed by atoms with E-state index in [1.165, 1.54) is 19.2 Å². The average molecular weight is 364 g/mol. The molecular formula is C16H11Cl2N3O3. The normalized spacial score (nSPS) is 11.2. The van der Waals surface area contributed by atoms with Gasteiger partial charge in [0.25, 0.3) is 5.91 Å². The predicted molar refractivity (Wildman–Crippen MR) is 88.9 cm³/mol. The molecule has 0 fully saturated rings. The second-order valence-corrected chi connectivity index (χ2v) is 5.49. The Morgan fingerprint density at radius 3 is 2.54 bits per heavy atom. The Hall–Kier alpha value is -2.62. The summed E-state index contributed by atoms with van der Waals surface area (Å²) in [6.07, 6.45) is 0.171. The lowest BCUT2D eigenvalue weighted by molar-refractivity contribution is -0.123. The lowest BCUT2D eigenvalue weighted by atomic mass is 10.2. The van der Waals surface area contributed by atoms with Crippen molar-refractivity contribution in [2.45, 2.75) is 13.0 Å². The number of amides is 1. The van der Waals surface area contributed by atoms with Crippen LogP contribution in [0, 0.1) is 11.3 Å². The maximum atomic E-state index is 12.0. The third kappa shape index (κ3) is 4.44. The standard InChI is InChI=1S/C16H11Cl2N3O3/c1-9(15(22)21-12-4-2-10(7-19)3-5-12)24-16(23)11-6-13(17)14(18)20-8-11/h2-6,8-9H,1H3,(H,21,22)/t9-/m1/s1. The van der Waals surface area contributed by atoms with Gasteiger partial charge in [-0.25, -0.2) is 9.78 Å². The summed E-state index contributed by atoms with van der Waals surface area (Å²) < 4.78 is 5.07. The van der Waals surface area contributed by atoms with Crippen LogP contribution < -0.4 is 5.32 Å². The van der Waals surface area contributed by atoms with E-state index in [4.69, 9.17) is 33.2 Å². The third-order valence-corrected chi connectivity index (χ3v) is 3.65. The molecule has 1 aromatic heterocycles. The molecule has 122 valence electrons. The molecule has 0 aliphatic heterocycles. The molecule has 0 aliphatic carbocycles. The van der Waals surface area contributed by atoms with Crippen molar-refractivity contribution >= 4 is 40.8 Å². The fourth-order valence-corrected chi connectivity index (χ4v) is 1.96. The van der Waals surface area contributed by atoms with Gasteiger partial charge in [0, 0.05) is 11.9 Å². The molecule has 0 saturated heterocycles.